The normalized spacial score (nSPS) is 12.0. The van der Waals surface area contributed by atoms with Gasteiger partial charge in [-0.15, -0.1) is 11.8 Å². The predicted molar refractivity (Wildman–Crippen MR) is 135 cm³/mol. The molecule has 0 aliphatic rings. The fourth-order valence-electron chi connectivity index (χ4n) is 3.72. The van der Waals surface area contributed by atoms with Crippen LogP contribution in [0, 0.1) is 13.8 Å². The molecule has 168 valence electrons. The first-order valence-corrected chi connectivity index (χ1v) is 12.0. The van der Waals surface area contributed by atoms with Gasteiger partial charge in [-0.25, -0.2) is 0 Å². The van der Waals surface area contributed by atoms with Gasteiger partial charge in [0.25, 0.3) is 5.91 Å². The number of carbonyl (C=O) groups excluding carboxylic acids is 1. The van der Waals surface area contributed by atoms with E-state index in [0.29, 0.717) is 11.5 Å². The molecule has 4 heteroatoms. The molecule has 0 aromatic heterocycles. The van der Waals surface area contributed by atoms with Crippen molar-refractivity contribution in [2.45, 2.75) is 57.2 Å². The van der Waals surface area contributed by atoms with Gasteiger partial charge in [0.2, 0.25) is 0 Å². The number of aryl methyl sites for hydroxylation is 2. The van der Waals surface area contributed by atoms with Gasteiger partial charge in [0, 0.05) is 16.2 Å². The van der Waals surface area contributed by atoms with E-state index in [1.165, 1.54) is 16.0 Å². The van der Waals surface area contributed by atoms with Gasteiger partial charge in [-0.2, -0.15) is 0 Å². The lowest BCUT2D eigenvalue weighted by Crippen LogP contribution is -2.27. The average Bonchev–Trinajstić information content (AvgIpc) is 2.78. The molecule has 3 aromatic rings. The van der Waals surface area contributed by atoms with Crippen LogP contribution in [0.1, 0.15) is 70.9 Å². The van der Waals surface area contributed by atoms with Crippen LogP contribution in [0.5, 0.6) is 5.75 Å². The summed E-state index contributed by atoms with van der Waals surface area (Å²) in [4.78, 5) is 14.1. The maximum atomic E-state index is 12.9. The van der Waals surface area contributed by atoms with Crippen LogP contribution in [0.4, 0.5) is 0 Å². The summed E-state index contributed by atoms with van der Waals surface area (Å²) in [6.07, 6.45) is 0. The van der Waals surface area contributed by atoms with Crippen molar-refractivity contribution in [3.63, 3.8) is 0 Å². The van der Waals surface area contributed by atoms with Crippen molar-refractivity contribution in [2.24, 2.45) is 0 Å². The lowest BCUT2D eigenvalue weighted by Gasteiger charge is -2.21. The SMILES string of the molecule is COc1cc(C)c([C@@H](C)NC(=O)c2ccc(CSc3ccc(C)cc3)cc2)cc1C(C)C. The molecule has 0 saturated heterocycles. The van der Waals surface area contributed by atoms with E-state index in [1.807, 2.05) is 31.2 Å². The van der Waals surface area contributed by atoms with E-state index >= 15 is 0 Å². The molecule has 1 atom stereocenters. The summed E-state index contributed by atoms with van der Waals surface area (Å²) in [7, 11) is 1.70. The Labute approximate surface area is 196 Å². The number of amides is 1. The number of benzene rings is 3. The lowest BCUT2D eigenvalue weighted by molar-refractivity contribution is 0.0940. The highest BCUT2D eigenvalue weighted by Gasteiger charge is 2.17. The van der Waals surface area contributed by atoms with Crippen LogP contribution in [0.25, 0.3) is 0 Å². The third-order valence-corrected chi connectivity index (χ3v) is 6.78. The molecule has 0 aliphatic carbocycles. The van der Waals surface area contributed by atoms with Crippen molar-refractivity contribution in [2.75, 3.05) is 7.11 Å². The van der Waals surface area contributed by atoms with Gasteiger partial charge in [0.15, 0.2) is 0 Å². The second kappa shape index (κ2) is 10.7. The molecule has 0 fully saturated rings. The summed E-state index contributed by atoms with van der Waals surface area (Å²) >= 11 is 1.80. The Hall–Kier alpha value is -2.72. The molecule has 0 radical (unpaired) electrons. The van der Waals surface area contributed by atoms with Crippen molar-refractivity contribution < 1.29 is 9.53 Å². The summed E-state index contributed by atoms with van der Waals surface area (Å²) < 4.78 is 5.55. The van der Waals surface area contributed by atoms with Gasteiger partial charge in [0.05, 0.1) is 13.2 Å². The topological polar surface area (TPSA) is 38.3 Å². The average molecular weight is 448 g/mol. The second-order valence-corrected chi connectivity index (χ2v) is 9.65. The first-order valence-electron chi connectivity index (χ1n) is 11.1. The summed E-state index contributed by atoms with van der Waals surface area (Å²) in [6.45, 7) is 10.5. The number of hydrogen-bond donors (Lipinski definition) is 1. The van der Waals surface area contributed by atoms with Crippen LogP contribution in [-0.2, 0) is 5.75 Å². The Kier molecular flexibility index (Phi) is 8.03. The molecule has 1 amide bonds. The summed E-state index contributed by atoms with van der Waals surface area (Å²) in [6, 6.07) is 20.6. The van der Waals surface area contributed by atoms with E-state index < -0.39 is 0 Å². The highest BCUT2D eigenvalue weighted by atomic mass is 32.2. The smallest absolute Gasteiger partial charge is 0.251 e. The Morgan fingerprint density at radius 1 is 0.938 bits per heavy atom. The number of ether oxygens (including phenoxy) is 1. The van der Waals surface area contributed by atoms with Gasteiger partial charge >= 0.3 is 0 Å². The lowest BCUT2D eigenvalue weighted by atomic mass is 9.93. The van der Waals surface area contributed by atoms with Gasteiger partial charge in [-0.05, 0) is 85.3 Å². The van der Waals surface area contributed by atoms with Crippen molar-refractivity contribution >= 4 is 17.7 Å². The molecule has 0 aliphatic heterocycles. The summed E-state index contributed by atoms with van der Waals surface area (Å²) in [5.74, 6) is 2.07. The molecular formula is C28H33NO2S. The predicted octanol–water partition coefficient (Wildman–Crippen LogP) is 7.22. The van der Waals surface area contributed by atoms with E-state index in [1.54, 1.807) is 18.9 Å². The van der Waals surface area contributed by atoms with E-state index in [2.05, 4.69) is 69.4 Å². The third-order valence-electron chi connectivity index (χ3n) is 5.70. The zero-order valence-corrected chi connectivity index (χ0v) is 20.7. The molecule has 1 N–H and O–H groups in total. The van der Waals surface area contributed by atoms with Crippen molar-refractivity contribution in [1.29, 1.82) is 0 Å². The van der Waals surface area contributed by atoms with Crippen molar-refractivity contribution in [1.82, 2.24) is 5.32 Å². The Morgan fingerprint density at radius 2 is 1.59 bits per heavy atom. The molecule has 0 bridgehead atoms. The zero-order chi connectivity index (χ0) is 23.3. The maximum absolute atomic E-state index is 12.9. The summed E-state index contributed by atoms with van der Waals surface area (Å²) in [5, 5.41) is 3.15. The molecule has 3 aromatic carbocycles. The fraction of sp³-hybridized carbons (Fsp3) is 0.321. The van der Waals surface area contributed by atoms with Gasteiger partial charge in [0.1, 0.15) is 5.75 Å². The highest BCUT2D eigenvalue weighted by Crippen LogP contribution is 2.32. The van der Waals surface area contributed by atoms with Gasteiger partial charge < -0.3 is 10.1 Å². The Balaban J connectivity index is 1.65. The molecule has 0 unspecified atom stereocenters. The van der Waals surface area contributed by atoms with E-state index in [9.17, 15) is 4.79 Å². The van der Waals surface area contributed by atoms with E-state index in [0.717, 1.165) is 28.2 Å². The molecule has 0 spiro atoms. The fourth-order valence-corrected chi connectivity index (χ4v) is 4.58. The van der Waals surface area contributed by atoms with Crippen LogP contribution in [0.3, 0.4) is 0 Å². The number of hydrogen-bond acceptors (Lipinski definition) is 3. The van der Waals surface area contributed by atoms with Crippen molar-refractivity contribution in [3.05, 3.63) is 94.0 Å². The second-order valence-electron chi connectivity index (χ2n) is 8.60. The first-order chi connectivity index (χ1) is 15.3. The van der Waals surface area contributed by atoms with Crippen LogP contribution in [0.15, 0.2) is 65.6 Å². The van der Waals surface area contributed by atoms with Crippen LogP contribution >= 0.6 is 11.8 Å². The standard InChI is InChI=1S/C28H33NO2S/c1-18(2)25-16-26(20(4)15-27(25)31-6)21(5)29-28(30)23-11-9-22(10-12-23)17-32-24-13-7-19(3)8-14-24/h7-16,18,21H,17H2,1-6H3,(H,29,30)/t21-/m1/s1. The summed E-state index contributed by atoms with van der Waals surface area (Å²) in [5.41, 5.74) is 6.54. The third kappa shape index (κ3) is 5.95. The molecule has 3 rings (SSSR count). The zero-order valence-electron chi connectivity index (χ0n) is 19.9. The quantitative estimate of drug-likeness (QED) is 0.371. The maximum Gasteiger partial charge on any atom is 0.251 e. The number of thioether (sulfide) groups is 1. The minimum atomic E-state index is -0.0947. The molecular weight excluding hydrogens is 414 g/mol. The first kappa shape index (κ1) is 23.9. The Morgan fingerprint density at radius 3 is 2.19 bits per heavy atom. The van der Waals surface area contributed by atoms with Crippen LogP contribution in [-0.4, -0.2) is 13.0 Å². The molecule has 0 saturated carbocycles. The molecule has 0 heterocycles. The van der Waals surface area contributed by atoms with Gasteiger partial charge in [-0.1, -0.05) is 43.7 Å². The number of rotatable bonds is 8. The number of methoxy groups -OCH3 is 1. The number of nitrogens with one attached hydrogen (secondary N) is 1. The van der Waals surface area contributed by atoms with E-state index in [4.69, 9.17) is 4.74 Å². The highest BCUT2D eigenvalue weighted by molar-refractivity contribution is 7.98. The minimum Gasteiger partial charge on any atom is -0.496 e. The molecule has 3 nitrogen and oxygen atoms in total. The van der Waals surface area contributed by atoms with Crippen LogP contribution < -0.4 is 10.1 Å². The van der Waals surface area contributed by atoms with Gasteiger partial charge in [-0.3, -0.25) is 4.79 Å². The largest absolute Gasteiger partial charge is 0.496 e. The van der Waals surface area contributed by atoms with Crippen molar-refractivity contribution in [3.8, 4) is 5.75 Å². The monoisotopic (exact) mass is 447 g/mol. The van der Waals surface area contributed by atoms with E-state index in [-0.39, 0.29) is 11.9 Å². The number of carbonyl (C=O) groups is 1. The molecule has 32 heavy (non-hydrogen) atoms. The van der Waals surface area contributed by atoms with Crippen LogP contribution in [0.2, 0.25) is 0 Å². The minimum absolute atomic E-state index is 0.0587. The Bertz CT molecular complexity index is 1060.